The molecular weight excluding hydrogens is 496 g/mol. The molecule has 1 N–H and O–H groups in total. The summed E-state index contributed by atoms with van der Waals surface area (Å²) < 4.78 is 8.40. The number of nitrogens with one attached hydrogen (secondary N) is 1. The fourth-order valence-corrected chi connectivity index (χ4v) is 7.37. The first-order valence-corrected chi connectivity index (χ1v) is 11.7. The van der Waals surface area contributed by atoms with Crippen molar-refractivity contribution in [2.75, 3.05) is 12.4 Å². The van der Waals surface area contributed by atoms with Gasteiger partial charge >= 0.3 is 11.8 Å². The van der Waals surface area contributed by atoms with E-state index in [4.69, 9.17) is 4.74 Å². The maximum atomic E-state index is 13.1. The lowest BCUT2D eigenvalue weighted by Crippen LogP contribution is -2.57. The van der Waals surface area contributed by atoms with Crippen LogP contribution in [0, 0.1) is 27.4 Å². The van der Waals surface area contributed by atoms with Gasteiger partial charge in [-0.1, -0.05) is 0 Å². The molecule has 2 heterocycles. The van der Waals surface area contributed by atoms with Crippen LogP contribution in [0.4, 0.5) is 11.5 Å². The minimum Gasteiger partial charge on any atom is -0.464 e. The molecule has 4 bridgehead atoms. The minimum absolute atomic E-state index is 0.0732. The number of hydrogen-bond donors (Lipinski definition) is 1. The Hall–Kier alpha value is -2.76. The van der Waals surface area contributed by atoms with Gasteiger partial charge in [-0.25, -0.2) is 4.79 Å². The van der Waals surface area contributed by atoms with Crippen molar-refractivity contribution in [1.29, 1.82) is 0 Å². The minimum atomic E-state index is -0.606. The summed E-state index contributed by atoms with van der Waals surface area (Å²) in [6.45, 7) is 0. The Morgan fingerprint density at radius 2 is 1.97 bits per heavy atom. The van der Waals surface area contributed by atoms with Crippen LogP contribution in [-0.2, 0) is 22.1 Å². The van der Waals surface area contributed by atoms with E-state index in [1.54, 1.807) is 24.1 Å². The second-order valence-corrected chi connectivity index (χ2v) is 10.8. The van der Waals surface area contributed by atoms with Crippen molar-refractivity contribution in [1.82, 2.24) is 19.6 Å². The Kier molecular flexibility index (Phi) is 5.11. The molecular formula is C21H25BrN6O5. The van der Waals surface area contributed by atoms with Crippen LogP contribution in [-0.4, -0.2) is 43.5 Å². The number of esters is 1. The van der Waals surface area contributed by atoms with E-state index in [9.17, 15) is 19.7 Å². The Balaban J connectivity index is 1.39. The van der Waals surface area contributed by atoms with Crippen LogP contribution >= 0.6 is 15.9 Å². The Morgan fingerprint density at radius 1 is 1.27 bits per heavy atom. The normalized spacial score (nSPS) is 29.8. The second-order valence-electron chi connectivity index (χ2n) is 9.97. The van der Waals surface area contributed by atoms with Gasteiger partial charge in [0, 0.05) is 19.7 Å². The number of rotatable bonds is 6. The van der Waals surface area contributed by atoms with Crippen molar-refractivity contribution in [3.8, 4) is 0 Å². The average Bonchev–Trinajstić information content (AvgIpc) is 3.28. The number of amides is 1. The van der Waals surface area contributed by atoms with Gasteiger partial charge in [0.15, 0.2) is 5.69 Å². The monoisotopic (exact) mass is 520 g/mol. The van der Waals surface area contributed by atoms with E-state index >= 15 is 0 Å². The third kappa shape index (κ3) is 3.73. The number of carbonyl (C=O) groups is 2. The second kappa shape index (κ2) is 7.64. The molecule has 12 heteroatoms. The molecule has 4 saturated carbocycles. The number of ether oxygens (including phenoxy) is 1. The predicted octanol–water partition coefficient (Wildman–Crippen LogP) is 3.40. The van der Waals surface area contributed by atoms with Crippen molar-refractivity contribution in [3.63, 3.8) is 0 Å². The van der Waals surface area contributed by atoms with Crippen LogP contribution in [0.25, 0.3) is 0 Å². The lowest BCUT2D eigenvalue weighted by atomic mass is 9.46. The van der Waals surface area contributed by atoms with Gasteiger partial charge in [0.25, 0.3) is 0 Å². The van der Waals surface area contributed by atoms with E-state index in [1.165, 1.54) is 11.8 Å². The van der Waals surface area contributed by atoms with Crippen LogP contribution in [0.3, 0.4) is 0 Å². The van der Waals surface area contributed by atoms with Crippen molar-refractivity contribution in [3.05, 3.63) is 32.7 Å². The summed E-state index contributed by atoms with van der Waals surface area (Å²) in [5.74, 6) is -0.0250. The first kappa shape index (κ1) is 22.1. The van der Waals surface area contributed by atoms with Gasteiger partial charge in [-0.05, 0) is 76.6 Å². The molecule has 2 aromatic heterocycles. The van der Waals surface area contributed by atoms with E-state index in [0.717, 1.165) is 38.5 Å². The molecule has 0 saturated heterocycles. The predicted molar refractivity (Wildman–Crippen MR) is 119 cm³/mol. The Labute approximate surface area is 198 Å². The number of nitro groups is 1. The van der Waals surface area contributed by atoms with Crippen LogP contribution < -0.4 is 5.32 Å². The van der Waals surface area contributed by atoms with Gasteiger partial charge in [-0.15, -0.1) is 0 Å². The highest BCUT2D eigenvalue weighted by Gasteiger charge is 2.60. The molecule has 4 fully saturated rings. The van der Waals surface area contributed by atoms with Gasteiger partial charge in [-0.2, -0.15) is 9.78 Å². The number of hydrogen-bond acceptors (Lipinski definition) is 7. The first-order chi connectivity index (χ1) is 15.6. The van der Waals surface area contributed by atoms with Crippen LogP contribution in [0.15, 0.2) is 16.9 Å². The number of aromatic nitrogens is 4. The summed E-state index contributed by atoms with van der Waals surface area (Å²) in [5.41, 5.74) is -0.105. The molecule has 6 rings (SSSR count). The lowest BCUT2D eigenvalue weighted by molar-refractivity contribution is -0.390. The third-order valence-electron chi connectivity index (χ3n) is 7.48. The third-order valence-corrected chi connectivity index (χ3v) is 8.04. The molecule has 11 nitrogen and oxygen atoms in total. The summed E-state index contributed by atoms with van der Waals surface area (Å²) in [6.07, 6.45) is 9.28. The van der Waals surface area contributed by atoms with Crippen LogP contribution in [0.5, 0.6) is 0 Å². The van der Waals surface area contributed by atoms with Gasteiger partial charge in [0.2, 0.25) is 5.91 Å². The Bertz CT molecular complexity index is 1140. The van der Waals surface area contributed by atoms with Gasteiger partial charge in [-0.3, -0.25) is 9.48 Å². The zero-order chi connectivity index (χ0) is 23.5. The summed E-state index contributed by atoms with van der Waals surface area (Å²) in [6, 6.07) is 0. The van der Waals surface area contributed by atoms with Gasteiger partial charge < -0.3 is 20.2 Å². The number of methoxy groups -OCH3 is 1. The maximum Gasteiger partial charge on any atom is 0.404 e. The smallest absolute Gasteiger partial charge is 0.404 e. The zero-order valence-electron chi connectivity index (χ0n) is 18.4. The molecule has 0 radical (unpaired) electrons. The molecule has 33 heavy (non-hydrogen) atoms. The molecule has 2 atom stereocenters. The molecule has 1 amide bonds. The number of anilines is 1. The first-order valence-electron chi connectivity index (χ1n) is 10.9. The highest BCUT2D eigenvalue weighted by molar-refractivity contribution is 9.10. The summed E-state index contributed by atoms with van der Waals surface area (Å²) >= 11 is 3.28. The highest BCUT2D eigenvalue weighted by atomic mass is 79.9. The van der Waals surface area contributed by atoms with Crippen molar-refractivity contribution >= 4 is 39.3 Å². The van der Waals surface area contributed by atoms with Gasteiger partial charge in [0.1, 0.15) is 4.47 Å². The summed E-state index contributed by atoms with van der Waals surface area (Å²) in [7, 11) is 2.95. The van der Waals surface area contributed by atoms with Crippen molar-refractivity contribution < 1.29 is 19.2 Å². The van der Waals surface area contributed by atoms with E-state index < -0.39 is 10.9 Å². The maximum absolute atomic E-state index is 13.1. The quantitative estimate of drug-likeness (QED) is 0.350. The molecule has 2 unspecified atom stereocenters. The average molecular weight is 521 g/mol. The molecule has 0 spiro atoms. The van der Waals surface area contributed by atoms with E-state index in [1.807, 2.05) is 0 Å². The van der Waals surface area contributed by atoms with E-state index in [0.29, 0.717) is 28.4 Å². The molecule has 176 valence electrons. The number of nitrogens with zero attached hydrogens (tertiary/aromatic N) is 5. The van der Waals surface area contributed by atoms with Crippen molar-refractivity contribution in [2.24, 2.45) is 24.3 Å². The number of carbonyl (C=O) groups excluding carboxylic acids is 2. The number of aryl methyl sites for hydroxylation is 1. The fourth-order valence-electron chi connectivity index (χ4n) is 6.95. The molecule has 0 aromatic carbocycles. The summed E-state index contributed by atoms with van der Waals surface area (Å²) in [4.78, 5) is 36.0. The van der Waals surface area contributed by atoms with Gasteiger partial charge in [0.05, 0.1) is 29.6 Å². The SMILES string of the molecule is COC(=O)c1nn(C)cc1NC(=O)CC12CC3CC(C1)CC(n1cc(Br)c([N+](=O)[O-])n1)(C3)C2. The highest BCUT2D eigenvalue weighted by Crippen LogP contribution is 2.65. The van der Waals surface area contributed by atoms with Crippen LogP contribution in [0.2, 0.25) is 0 Å². The fraction of sp³-hybridized carbons (Fsp3) is 0.619. The molecule has 2 aromatic rings. The molecule has 4 aliphatic carbocycles. The summed E-state index contributed by atoms with van der Waals surface area (Å²) in [5, 5.41) is 22.6. The number of halogens is 1. The van der Waals surface area contributed by atoms with E-state index in [2.05, 4.69) is 31.4 Å². The Morgan fingerprint density at radius 3 is 2.58 bits per heavy atom. The van der Waals surface area contributed by atoms with Crippen molar-refractivity contribution in [2.45, 2.75) is 50.5 Å². The molecule has 0 aliphatic heterocycles. The zero-order valence-corrected chi connectivity index (χ0v) is 20.0. The van der Waals surface area contributed by atoms with Crippen LogP contribution in [0.1, 0.15) is 55.4 Å². The lowest BCUT2D eigenvalue weighted by Gasteiger charge is -2.61. The molecule has 4 aliphatic rings. The largest absolute Gasteiger partial charge is 0.464 e. The standard InChI is InChI=1S/C21H25BrN6O5/c1-26-10-15(17(24-26)19(30)33-2)23-16(29)8-20-4-12-3-13(5-20)7-21(6-12,11-20)27-9-14(22)18(25-27)28(31)32/h9-10,12-13H,3-8,11H2,1-2H3,(H,23,29). The topological polar surface area (TPSA) is 134 Å². The van der Waals surface area contributed by atoms with E-state index in [-0.39, 0.29) is 28.4 Å².